The molecule has 3 aromatic carbocycles. The Morgan fingerprint density at radius 3 is 2.20 bits per heavy atom. The number of rotatable bonds is 12. The molecule has 35 heavy (non-hydrogen) atoms. The minimum absolute atomic E-state index is 0.146. The molecule has 3 rings (SSSR count). The van der Waals surface area contributed by atoms with Crippen LogP contribution < -0.4 is 10.1 Å². The van der Waals surface area contributed by atoms with Crippen LogP contribution in [0.25, 0.3) is 0 Å². The normalized spacial score (nSPS) is 11.5. The van der Waals surface area contributed by atoms with Gasteiger partial charge in [0, 0.05) is 31.8 Å². The summed E-state index contributed by atoms with van der Waals surface area (Å²) >= 11 is 6.02. The van der Waals surface area contributed by atoms with Gasteiger partial charge in [0.25, 0.3) is 0 Å². The predicted octanol–water partition coefficient (Wildman–Crippen LogP) is 4.81. The van der Waals surface area contributed by atoms with E-state index >= 15 is 0 Å². The van der Waals surface area contributed by atoms with E-state index in [1.807, 2.05) is 66.7 Å². The van der Waals surface area contributed by atoms with E-state index in [4.69, 9.17) is 21.1 Å². The van der Waals surface area contributed by atoms with Crippen LogP contribution in [0.3, 0.4) is 0 Å². The number of ether oxygens (including phenoxy) is 2. The molecule has 0 aromatic heterocycles. The van der Waals surface area contributed by atoms with Crippen LogP contribution in [-0.4, -0.2) is 44.1 Å². The molecule has 0 bridgehead atoms. The van der Waals surface area contributed by atoms with Crippen LogP contribution in [-0.2, 0) is 27.3 Å². The molecule has 3 aromatic rings. The quantitative estimate of drug-likeness (QED) is 0.367. The topological polar surface area (TPSA) is 67.9 Å². The Hall–Kier alpha value is -3.35. The third-order valence-electron chi connectivity index (χ3n) is 5.60. The van der Waals surface area contributed by atoms with Crippen molar-refractivity contribution >= 4 is 23.4 Å². The largest absolute Gasteiger partial charge is 0.497 e. The summed E-state index contributed by atoms with van der Waals surface area (Å²) in [5.41, 5.74) is 2.46. The fourth-order valence-electron chi connectivity index (χ4n) is 3.76. The summed E-state index contributed by atoms with van der Waals surface area (Å²) < 4.78 is 10.4. The van der Waals surface area contributed by atoms with E-state index in [9.17, 15) is 9.59 Å². The molecule has 0 spiro atoms. The van der Waals surface area contributed by atoms with Crippen molar-refractivity contribution in [1.82, 2.24) is 10.2 Å². The summed E-state index contributed by atoms with van der Waals surface area (Å²) in [7, 11) is 3.23. The summed E-state index contributed by atoms with van der Waals surface area (Å²) in [6.07, 6.45) is 0.828. The second-order valence-electron chi connectivity index (χ2n) is 8.12. The Morgan fingerprint density at radius 2 is 1.57 bits per heavy atom. The molecule has 0 saturated heterocycles. The average molecular weight is 495 g/mol. The number of carbonyl (C=O) groups is 2. The Labute approximate surface area is 211 Å². The van der Waals surface area contributed by atoms with E-state index in [1.165, 1.54) is 0 Å². The summed E-state index contributed by atoms with van der Waals surface area (Å²) in [6, 6.07) is 23.3. The van der Waals surface area contributed by atoms with Crippen LogP contribution in [0.2, 0.25) is 5.02 Å². The number of hydrogen-bond acceptors (Lipinski definition) is 4. The van der Waals surface area contributed by atoms with Crippen molar-refractivity contribution in [1.29, 1.82) is 0 Å². The Bertz CT molecular complexity index is 1070. The highest BCUT2D eigenvalue weighted by Crippen LogP contribution is 2.26. The molecule has 0 radical (unpaired) electrons. The molecule has 1 unspecified atom stereocenters. The summed E-state index contributed by atoms with van der Waals surface area (Å²) in [4.78, 5) is 28.8. The van der Waals surface area contributed by atoms with Gasteiger partial charge in [0.2, 0.25) is 11.8 Å². The second-order valence-corrected chi connectivity index (χ2v) is 8.56. The minimum Gasteiger partial charge on any atom is -0.497 e. The highest BCUT2D eigenvalue weighted by molar-refractivity contribution is 6.30. The lowest BCUT2D eigenvalue weighted by atomic mass is 10.0. The third-order valence-corrected chi connectivity index (χ3v) is 5.85. The number of carbonyl (C=O) groups excluding carboxylic acids is 2. The SMILES string of the molecule is COCCCNC(=O)C(c1ccccc1)N(Cc1ccc(OC)cc1)C(=O)Cc1ccc(Cl)cc1. The van der Waals surface area contributed by atoms with Gasteiger partial charge in [0.15, 0.2) is 0 Å². The number of methoxy groups -OCH3 is 2. The Balaban J connectivity index is 1.94. The van der Waals surface area contributed by atoms with Gasteiger partial charge in [-0.05, 0) is 47.4 Å². The standard InChI is InChI=1S/C28H31ClN2O4/c1-34-18-6-17-30-28(33)27(23-7-4-3-5-8-23)31(20-22-11-15-25(35-2)16-12-22)26(32)19-21-9-13-24(29)14-10-21/h3-5,7-16,27H,6,17-20H2,1-2H3,(H,30,33). The summed E-state index contributed by atoms with van der Waals surface area (Å²) in [5.74, 6) is 0.331. The maximum absolute atomic E-state index is 13.7. The molecule has 2 amide bonds. The van der Waals surface area contributed by atoms with Crippen LogP contribution in [0.15, 0.2) is 78.9 Å². The van der Waals surface area contributed by atoms with Crippen LogP contribution in [0.5, 0.6) is 5.75 Å². The lowest BCUT2D eigenvalue weighted by molar-refractivity contribution is -0.141. The highest BCUT2D eigenvalue weighted by Gasteiger charge is 2.31. The van der Waals surface area contributed by atoms with Gasteiger partial charge in [-0.1, -0.05) is 66.2 Å². The summed E-state index contributed by atoms with van der Waals surface area (Å²) in [6.45, 7) is 1.26. The fraction of sp³-hybridized carbons (Fsp3) is 0.286. The monoisotopic (exact) mass is 494 g/mol. The number of benzene rings is 3. The van der Waals surface area contributed by atoms with E-state index in [1.54, 1.807) is 31.3 Å². The molecular formula is C28H31ClN2O4. The first-order chi connectivity index (χ1) is 17.0. The van der Waals surface area contributed by atoms with Gasteiger partial charge in [-0.15, -0.1) is 0 Å². The molecule has 0 saturated carbocycles. The van der Waals surface area contributed by atoms with Crippen molar-refractivity contribution in [2.24, 2.45) is 0 Å². The van der Waals surface area contributed by atoms with Gasteiger partial charge < -0.3 is 19.7 Å². The molecule has 0 fully saturated rings. The molecule has 1 N–H and O–H groups in total. The third kappa shape index (κ3) is 7.84. The van der Waals surface area contributed by atoms with Gasteiger partial charge in [0.05, 0.1) is 13.5 Å². The van der Waals surface area contributed by atoms with Crippen LogP contribution in [0.4, 0.5) is 0 Å². The first kappa shape index (κ1) is 26.3. The van der Waals surface area contributed by atoms with E-state index in [-0.39, 0.29) is 24.8 Å². The van der Waals surface area contributed by atoms with Gasteiger partial charge in [-0.25, -0.2) is 0 Å². The van der Waals surface area contributed by atoms with Crippen molar-refractivity contribution in [3.63, 3.8) is 0 Å². The summed E-state index contributed by atoms with van der Waals surface area (Å²) in [5, 5.41) is 3.58. The smallest absolute Gasteiger partial charge is 0.247 e. The molecule has 6 nitrogen and oxygen atoms in total. The first-order valence-electron chi connectivity index (χ1n) is 11.5. The van der Waals surface area contributed by atoms with Crippen LogP contribution in [0.1, 0.15) is 29.2 Å². The van der Waals surface area contributed by atoms with Gasteiger partial charge in [-0.3, -0.25) is 9.59 Å². The molecule has 184 valence electrons. The van der Waals surface area contributed by atoms with Crippen LogP contribution >= 0.6 is 11.6 Å². The maximum atomic E-state index is 13.7. The zero-order valence-corrected chi connectivity index (χ0v) is 20.8. The number of halogens is 1. The van der Waals surface area contributed by atoms with E-state index in [0.29, 0.717) is 24.6 Å². The van der Waals surface area contributed by atoms with Gasteiger partial charge in [0.1, 0.15) is 11.8 Å². The Kier molecular flexibility index (Phi) is 10.1. The average Bonchev–Trinajstić information content (AvgIpc) is 2.88. The lowest BCUT2D eigenvalue weighted by Crippen LogP contribution is -2.44. The zero-order valence-electron chi connectivity index (χ0n) is 20.1. The molecule has 0 aliphatic carbocycles. The van der Waals surface area contributed by atoms with E-state index < -0.39 is 6.04 Å². The van der Waals surface area contributed by atoms with E-state index in [0.717, 1.165) is 22.4 Å². The van der Waals surface area contributed by atoms with Crippen molar-refractivity contribution in [2.45, 2.75) is 25.4 Å². The molecule has 0 aliphatic rings. The first-order valence-corrected chi connectivity index (χ1v) is 11.9. The van der Waals surface area contributed by atoms with Crippen molar-refractivity contribution < 1.29 is 19.1 Å². The molecule has 0 aliphatic heterocycles. The van der Waals surface area contributed by atoms with Crippen molar-refractivity contribution in [3.8, 4) is 5.75 Å². The number of nitrogens with zero attached hydrogens (tertiary/aromatic N) is 1. The molecular weight excluding hydrogens is 464 g/mol. The number of hydrogen-bond donors (Lipinski definition) is 1. The van der Waals surface area contributed by atoms with Crippen molar-refractivity contribution in [3.05, 3.63) is 101 Å². The van der Waals surface area contributed by atoms with Gasteiger partial charge >= 0.3 is 0 Å². The minimum atomic E-state index is -0.791. The maximum Gasteiger partial charge on any atom is 0.247 e. The fourth-order valence-corrected chi connectivity index (χ4v) is 3.89. The van der Waals surface area contributed by atoms with Crippen molar-refractivity contribution in [2.75, 3.05) is 27.4 Å². The molecule has 0 heterocycles. The number of amides is 2. The molecule has 7 heteroatoms. The predicted molar refractivity (Wildman–Crippen MR) is 137 cm³/mol. The van der Waals surface area contributed by atoms with Gasteiger partial charge in [-0.2, -0.15) is 0 Å². The number of nitrogens with one attached hydrogen (secondary N) is 1. The van der Waals surface area contributed by atoms with E-state index in [2.05, 4.69) is 5.32 Å². The zero-order chi connectivity index (χ0) is 25.0. The van der Waals surface area contributed by atoms with Crippen LogP contribution in [0, 0.1) is 0 Å². The highest BCUT2D eigenvalue weighted by atomic mass is 35.5. The second kappa shape index (κ2) is 13.5. The lowest BCUT2D eigenvalue weighted by Gasteiger charge is -2.32. The molecule has 1 atom stereocenters. The Morgan fingerprint density at radius 1 is 0.914 bits per heavy atom.